The minimum atomic E-state index is -0.446. The number of esters is 1. The van der Waals surface area contributed by atoms with Crippen LogP contribution in [0.25, 0.3) is 10.8 Å². The van der Waals surface area contributed by atoms with Gasteiger partial charge in [-0.25, -0.2) is 4.39 Å². The third-order valence-corrected chi connectivity index (χ3v) is 4.80. The van der Waals surface area contributed by atoms with Crippen LogP contribution in [0.3, 0.4) is 0 Å². The van der Waals surface area contributed by atoms with E-state index in [4.69, 9.17) is 4.74 Å². The fraction of sp³-hybridized carbons (Fsp3) is 0.143. The van der Waals surface area contributed by atoms with Gasteiger partial charge in [-0.15, -0.1) is 11.8 Å². The Kier molecular flexibility index (Phi) is 6.44. The number of ether oxygens (including phenoxy) is 1. The van der Waals surface area contributed by atoms with Crippen LogP contribution in [0.1, 0.15) is 6.42 Å². The maximum absolute atomic E-state index is 12.8. The molecule has 3 aromatic rings. The highest BCUT2D eigenvalue weighted by Crippen LogP contribution is 2.20. The lowest BCUT2D eigenvalue weighted by atomic mass is 10.1. The van der Waals surface area contributed by atoms with Crippen LogP contribution in [-0.2, 0) is 14.3 Å². The maximum Gasteiger partial charge on any atom is 0.307 e. The monoisotopic (exact) mass is 383 g/mol. The number of hydrogen-bond donors (Lipinski definition) is 1. The molecule has 0 fully saturated rings. The Morgan fingerprint density at radius 3 is 2.48 bits per heavy atom. The highest BCUT2D eigenvalue weighted by Gasteiger charge is 2.09. The van der Waals surface area contributed by atoms with Crippen molar-refractivity contribution < 1.29 is 18.7 Å². The molecule has 0 saturated heterocycles. The van der Waals surface area contributed by atoms with Gasteiger partial charge in [0, 0.05) is 16.3 Å². The Morgan fingerprint density at radius 2 is 1.70 bits per heavy atom. The quantitative estimate of drug-likeness (QED) is 0.477. The van der Waals surface area contributed by atoms with E-state index in [-0.39, 0.29) is 24.8 Å². The summed E-state index contributed by atoms with van der Waals surface area (Å²) in [5, 5.41) is 4.82. The topological polar surface area (TPSA) is 55.4 Å². The molecule has 0 aliphatic carbocycles. The van der Waals surface area contributed by atoms with E-state index >= 15 is 0 Å². The molecule has 3 rings (SSSR count). The predicted molar refractivity (Wildman–Crippen MR) is 105 cm³/mol. The van der Waals surface area contributed by atoms with E-state index in [9.17, 15) is 14.0 Å². The predicted octanol–water partition coefficient (Wildman–Crippen LogP) is 4.64. The molecule has 0 unspecified atom stereocenters. The molecule has 0 radical (unpaired) electrons. The minimum absolute atomic E-state index is 0.172. The van der Waals surface area contributed by atoms with E-state index in [0.717, 1.165) is 15.7 Å². The van der Waals surface area contributed by atoms with Gasteiger partial charge in [0.05, 0.1) is 6.42 Å². The lowest BCUT2D eigenvalue weighted by Gasteiger charge is -2.08. The number of anilines is 1. The highest BCUT2D eigenvalue weighted by atomic mass is 32.2. The highest BCUT2D eigenvalue weighted by molar-refractivity contribution is 7.99. The number of halogens is 1. The zero-order valence-electron chi connectivity index (χ0n) is 14.5. The molecule has 6 heteroatoms. The van der Waals surface area contributed by atoms with Gasteiger partial charge in [0.2, 0.25) is 0 Å². The number of thioether (sulfide) groups is 1. The molecule has 0 heterocycles. The van der Waals surface area contributed by atoms with Crippen molar-refractivity contribution in [2.24, 2.45) is 0 Å². The first-order valence-electron chi connectivity index (χ1n) is 8.43. The van der Waals surface area contributed by atoms with Crippen molar-refractivity contribution in [1.29, 1.82) is 0 Å². The van der Waals surface area contributed by atoms with Crippen molar-refractivity contribution >= 4 is 40.1 Å². The lowest BCUT2D eigenvalue weighted by Crippen LogP contribution is -2.21. The van der Waals surface area contributed by atoms with E-state index in [1.54, 1.807) is 18.2 Å². The van der Waals surface area contributed by atoms with Crippen LogP contribution in [0.15, 0.2) is 71.6 Å². The van der Waals surface area contributed by atoms with Gasteiger partial charge in [-0.1, -0.05) is 30.3 Å². The number of fused-ring (bicyclic) bond motifs is 1. The summed E-state index contributed by atoms with van der Waals surface area (Å²) >= 11 is 1.43. The molecule has 1 N–H and O–H groups in total. The molecule has 0 aliphatic rings. The summed E-state index contributed by atoms with van der Waals surface area (Å²) in [6.07, 6.45) is 0.172. The van der Waals surface area contributed by atoms with Gasteiger partial charge >= 0.3 is 5.97 Å². The third-order valence-electron chi connectivity index (χ3n) is 3.79. The summed E-state index contributed by atoms with van der Waals surface area (Å²) in [6, 6.07) is 19.5. The Bertz CT molecular complexity index is 944. The SMILES string of the molecule is O=C(COC(=O)CCSc1ccc(F)cc1)Nc1ccc2ccccc2c1. The third kappa shape index (κ3) is 5.82. The molecule has 27 heavy (non-hydrogen) atoms. The summed E-state index contributed by atoms with van der Waals surface area (Å²) in [5.41, 5.74) is 0.654. The van der Waals surface area contributed by atoms with Gasteiger partial charge < -0.3 is 10.1 Å². The summed E-state index contributed by atoms with van der Waals surface area (Å²) < 4.78 is 17.8. The summed E-state index contributed by atoms with van der Waals surface area (Å²) in [5.74, 6) is -0.629. The Hall–Kier alpha value is -2.86. The average Bonchev–Trinajstić information content (AvgIpc) is 2.68. The van der Waals surface area contributed by atoms with E-state index in [1.807, 2.05) is 36.4 Å². The number of benzene rings is 3. The molecule has 1 amide bonds. The van der Waals surface area contributed by atoms with Gasteiger partial charge in [0.15, 0.2) is 6.61 Å². The average molecular weight is 383 g/mol. The number of carbonyl (C=O) groups excluding carboxylic acids is 2. The van der Waals surface area contributed by atoms with Crippen LogP contribution in [0.2, 0.25) is 0 Å². The molecule has 3 aromatic carbocycles. The molecule has 0 bridgehead atoms. The Balaban J connectivity index is 1.40. The van der Waals surface area contributed by atoms with Gasteiger partial charge in [0.25, 0.3) is 5.91 Å². The number of carbonyl (C=O) groups is 2. The number of amides is 1. The standard InChI is InChI=1S/C21H18FNO3S/c22-17-6-9-19(10-7-17)27-12-11-21(25)26-14-20(24)23-18-8-5-15-3-1-2-4-16(15)13-18/h1-10,13H,11-12,14H2,(H,23,24). The Labute approximate surface area is 160 Å². The van der Waals surface area contributed by atoms with Crippen LogP contribution in [0.4, 0.5) is 10.1 Å². The lowest BCUT2D eigenvalue weighted by molar-refractivity contribution is -0.146. The van der Waals surface area contributed by atoms with E-state index < -0.39 is 5.97 Å². The molecule has 0 aromatic heterocycles. The van der Waals surface area contributed by atoms with Crippen LogP contribution >= 0.6 is 11.8 Å². The second-order valence-electron chi connectivity index (χ2n) is 5.82. The summed E-state index contributed by atoms with van der Waals surface area (Å²) in [4.78, 5) is 24.6. The van der Waals surface area contributed by atoms with Crippen molar-refractivity contribution in [2.75, 3.05) is 17.7 Å². The zero-order chi connectivity index (χ0) is 19.1. The molecule has 0 spiro atoms. The summed E-state index contributed by atoms with van der Waals surface area (Å²) in [7, 11) is 0. The molecule has 0 aliphatic heterocycles. The van der Waals surface area contributed by atoms with Crippen molar-refractivity contribution in [3.8, 4) is 0 Å². The molecule has 4 nitrogen and oxygen atoms in total. The first-order chi connectivity index (χ1) is 13.1. The number of nitrogens with one attached hydrogen (secondary N) is 1. The molecular weight excluding hydrogens is 365 g/mol. The van der Waals surface area contributed by atoms with Crippen molar-refractivity contribution in [1.82, 2.24) is 0 Å². The van der Waals surface area contributed by atoms with Crippen LogP contribution in [0.5, 0.6) is 0 Å². The molecule has 138 valence electrons. The Morgan fingerprint density at radius 1 is 0.963 bits per heavy atom. The van der Waals surface area contributed by atoms with Gasteiger partial charge in [-0.2, -0.15) is 0 Å². The minimum Gasteiger partial charge on any atom is -0.456 e. The van der Waals surface area contributed by atoms with Gasteiger partial charge in [0.1, 0.15) is 5.82 Å². The zero-order valence-corrected chi connectivity index (χ0v) is 15.3. The molecule has 0 atom stereocenters. The van der Waals surface area contributed by atoms with Crippen molar-refractivity contribution in [3.05, 3.63) is 72.5 Å². The van der Waals surface area contributed by atoms with E-state index in [1.165, 1.54) is 23.9 Å². The second kappa shape index (κ2) is 9.19. The number of hydrogen-bond acceptors (Lipinski definition) is 4. The normalized spacial score (nSPS) is 10.6. The van der Waals surface area contributed by atoms with Crippen molar-refractivity contribution in [3.63, 3.8) is 0 Å². The van der Waals surface area contributed by atoms with Gasteiger partial charge in [-0.3, -0.25) is 9.59 Å². The van der Waals surface area contributed by atoms with Crippen LogP contribution in [-0.4, -0.2) is 24.2 Å². The van der Waals surface area contributed by atoms with E-state index in [2.05, 4.69) is 5.32 Å². The summed E-state index contributed by atoms with van der Waals surface area (Å²) in [6.45, 7) is -0.327. The first kappa shape index (κ1) is 18.9. The maximum atomic E-state index is 12.8. The fourth-order valence-electron chi connectivity index (χ4n) is 2.47. The first-order valence-corrected chi connectivity index (χ1v) is 9.41. The molecular formula is C21H18FNO3S. The number of rotatable bonds is 7. The molecule has 0 saturated carbocycles. The second-order valence-corrected chi connectivity index (χ2v) is 6.99. The van der Waals surface area contributed by atoms with Crippen molar-refractivity contribution in [2.45, 2.75) is 11.3 Å². The van der Waals surface area contributed by atoms with Crippen LogP contribution in [0, 0.1) is 5.82 Å². The van der Waals surface area contributed by atoms with E-state index in [0.29, 0.717) is 11.4 Å². The smallest absolute Gasteiger partial charge is 0.307 e. The fourth-order valence-corrected chi connectivity index (χ4v) is 3.30. The van der Waals surface area contributed by atoms with Crippen LogP contribution < -0.4 is 5.32 Å². The van der Waals surface area contributed by atoms with Gasteiger partial charge in [-0.05, 0) is 47.2 Å². The largest absolute Gasteiger partial charge is 0.456 e.